The molecule has 11 nitrogen and oxygen atoms in total. The van der Waals surface area contributed by atoms with Gasteiger partial charge in [-0.25, -0.2) is 9.48 Å². The van der Waals surface area contributed by atoms with Crippen molar-refractivity contribution in [3.8, 4) is 0 Å². The lowest BCUT2D eigenvalue weighted by Gasteiger charge is -2.32. The van der Waals surface area contributed by atoms with Crippen LogP contribution in [0.5, 0.6) is 0 Å². The van der Waals surface area contributed by atoms with Gasteiger partial charge in [-0.15, -0.1) is 5.10 Å². The Labute approximate surface area is 118 Å². The van der Waals surface area contributed by atoms with E-state index in [4.69, 9.17) is 0 Å². The van der Waals surface area contributed by atoms with E-state index in [1.54, 1.807) is 6.92 Å². The molecule has 0 aromatic carbocycles. The first-order valence-corrected chi connectivity index (χ1v) is 6.17. The third-order valence-corrected chi connectivity index (χ3v) is 2.99. The van der Waals surface area contributed by atoms with E-state index in [0.717, 1.165) is 15.9 Å². The van der Waals surface area contributed by atoms with Gasteiger partial charge in [-0.05, 0) is 17.4 Å². The average molecular weight is 295 g/mol. The van der Waals surface area contributed by atoms with E-state index in [1.165, 1.54) is 4.90 Å². The second-order valence-electron chi connectivity index (χ2n) is 4.16. The number of piperazine rings is 1. The molecule has 21 heavy (non-hydrogen) atoms. The first-order valence-electron chi connectivity index (χ1n) is 6.17. The predicted molar refractivity (Wildman–Crippen MR) is 65.4 cm³/mol. The van der Waals surface area contributed by atoms with Gasteiger partial charge in [0.25, 0.3) is 0 Å². The Bertz CT molecular complexity index is 558. The number of hydrogen-bond donors (Lipinski definition) is 1. The molecule has 1 aromatic heterocycles. The van der Waals surface area contributed by atoms with E-state index in [9.17, 15) is 19.2 Å². The number of hydrogen-bond acceptors (Lipinski definition) is 7. The van der Waals surface area contributed by atoms with E-state index < -0.39 is 24.0 Å². The Kier molecular flexibility index (Phi) is 4.21. The fourth-order valence-electron chi connectivity index (χ4n) is 1.83. The van der Waals surface area contributed by atoms with Crippen LogP contribution in [0, 0.1) is 0 Å². The average Bonchev–Trinajstić information content (AvgIpc) is 3.01. The molecule has 0 aliphatic carbocycles. The largest absolute Gasteiger partial charge is 0.333 e. The summed E-state index contributed by atoms with van der Waals surface area (Å²) >= 11 is 0. The summed E-state index contributed by atoms with van der Waals surface area (Å²) in [4.78, 5) is 48.6. The standard InChI is InChI=1S/C10H13N7O4/c1-2-15-3-4-16(9(20)8(15)19)10(21)12-7(5-18)17-6-11-13-14-17/h5-7H,2-4H2,1H3,(H,12,21). The number of nitrogens with zero attached hydrogens (tertiary/aromatic N) is 6. The lowest BCUT2D eigenvalue weighted by molar-refractivity contribution is -0.153. The van der Waals surface area contributed by atoms with Gasteiger partial charge < -0.3 is 10.2 Å². The third kappa shape index (κ3) is 2.85. The van der Waals surface area contributed by atoms with Crippen molar-refractivity contribution < 1.29 is 19.2 Å². The lowest BCUT2D eigenvalue weighted by atomic mass is 10.3. The highest BCUT2D eigenvalue weighted by atomic mass is 16.2. The Balaban J connectivity index is 2.05. The smallest absolute Gasteiger partial charge is 0.326 e. The van der Waals surface area contributed by atoms with Gasteiger partial charge in [0, 0.05) is 19.6 Å². The fourth-order valence-corrected chi connectivity index (χ4v) is 1.83. The number of tetrazole rings is 1. The van der Waals surface area contributed by atoms with Crippen LogP contribution in [-0.4, -0.2) is 73.8 Å². The summed E-state index contributed by atoms with van der Waals surface area (Å²) in [5.74, 6) is -1.68. The number of aromatic nitrogens is 4. The van der Waals surface area contributed by atoms with Crippen LogP contribution in [0.1, 0.15) is 13.1 Å². The topological polar surface area (TPSA) is 130 Å². The summed E-state index contributed by atoms with van der Waals surface area (Å²) in [5, 5.41) is 12.4. The number of urea groups is 1. The summed E-state index contributed by atoms with van der Waals surface area (Å²) in [6, 6.07) is -0.850. The normalized spacial score (nSPS) is 16.8. The fraction of sp³-hybridized carbons (Fsp3) is 0.500. The van der Waals surface area contributed by atoms with Gasteiger partial charge in [-0.3, -0.25) is 19.3 Å². The first kappa shape index (κ1) is 14.6. The minimum Gasteiger partial charge on any atom is -0.333 e. The van der Waals surface area contributed by atoms with E-state index in [-0.39, 0.29) is 13.1 Å². The van der Waals surface area contributed by atoms with Crippen molar-refractivity contribution in [3.63, 3.8) is 0 Å². The Morgan fingerprint density at radius 1 is 1.43 bits per heavy atom. The number of carbonyl (C=O) groups excluding carboxylic acids is 4. The predicted octanol–water partition coefficient (Wildman–Crippen LogP) is -2.23. The molecule has 1 fully saturated rings. The summed E-state index contributed by atoms with van der Waals surface area (Å²) < 4.78 is 1.01. The summed E-state index contributed by atoms with van der Waals surface area (Å²) in [7, 11) is 0. The van der Waals surface area contributed by atoms with E-state index >= 15 is 0 Å². The van der Waals surface area contributed by atoms with Crippen molar-refractivity contribution in [1.82, 2.24) is 35.3 Å². The molecule has 112 valence electrons. The molecule has 0 bridgehead atoms. The van der Waals surface area contributed by atoms with Crippen LogP contribution in [-0.2, 0) is 14.4 Å². The van der Waals surface area contributed by atoms with Gasteiger partial charge in [0.15, 0.2) is 12.5 Å². The zero-order chi connectivity index (χ0) is 15.4. The van der Waals surface area contributed by atoms with Crippen LogP contribution in [0.3, 0.4) is 0 Å². The number of aldehydes is 1. The molecule has 1 N–H and O–H groups in total. The minimum absolute atomic E-state index is 0.0609. The van der Waals surface area contributed by atoms with Gasteiger partial charge >= 0.3 is 17.8 Å². The molecule has 1 saturated heterocycles. The molecule has 2 heterocycles. The second-order valence-corrected chi connectivity index (χ2v) is 4.16. The number of amides is 4. The highest BCUT2D eigenvalue weighted by Crippen LogP contribution is 2.06. The molecule has 1 aliphatic heterocycles. The highest BCUT2D eigenvalue weighted by molar-refractivity contribution is 6.38. The van der Waals surface area contributed by atoms with Gasteiger partial charge in [-0.2, -0.15) is 0 Å². The highest BCUT2D eigenvalue weighted by Gasteiger charge is 2.36. The number of rotatable bonds is 4. The summed E-state index contributed by atoms with van der Waals surface area (Å²) in [6.45, 7) is 2.44. The Morgan fingerprint density at radius 2 is 2.19 bits per heavy atom. The van der Waals surface area contributed by atoms with Gasteiger partial charge in [0.2, 0.25) is 0 Å². The molecule has 0 spiro atoms. The third-order valence-electron chi connectivity index (χ3n) is 2.99. The van der Waals surface area contributed by atoms with Gasteiger partial charge in [0.1, 0.15) is 6.33 Å². The maximum absolute atomic E-state index is 12.0. The van der Waals surface area contributed by atoms with Crippen LogP contribution in [0.2, 0.25) is 0 Å². The van der Waals surface area contributed by atoms with Crippen molar-refractivity contribution >= 4 is 24.1 Å². The van der Waals surface area contributed by atoms with Gasteiger partial charge in [-0.1, -0.05) is 0 Å². The zero-order valence-corrected chi connectivity index (χ0v) is 11.2. The van der Waals surface area contributed by atoms with Crippen molar-refractivity contribution in [1.29, 1.82) is 0 Å². The molecule has 2 rings (SSSR count). The number of imide groups is 1. The molecule has 11 heteroatoms. The van der Waals surface area contributed by atoms with E-state index in [2.05, 4.69) is 20.8 Å². The first-order chi connectivity index (χ1) is 10.1. The molecule has 0 saturated carbocycles. The number of nitrogens with one attached hydrogen (secondary N) is 1. The number of carbonyl (C=O) groups is 4. The molecular weight excluding hydrogens is 282 g/mol. The van der Waals surface area contributed by atoms with Crippen LogP contribution >= 0.6 is 0 Å². The van der Waals surface area contributed by atoms with Crippen LogP contribution in [0.25, 0.3) is 0 Å². The molecule has 1 unspecified atom stereocenters. The monoisotopic (exact) mass is 295 g/mol. The molecular formula is C10H13N7O4. The summed E-state index contributed by atoms with van der Waals surface area (Å²) in [6.07, 6.45) is 0.393. The van der Waals surface area contributed by atoms with Crippen LogP contribution < -0.4 is 5.32 Å². The van der Waals surface area contributed by atoms with Crippen molar-refractivity contribution in [2.45, 2.75) is 13.1 Å². The molecule has 1 aromatic rings. The second kappa shape index (κ2) is 6.07. The minimum atomic E-state index is -1.15. The van der Waals surface area contributed by atoms with E-state index in [1.807, 2.05) is 0 Å². The van der Waals surface area contributed by atoms with E-state index in [0.29, 0.717) is 12.8 Å². The lowest BCUT2D eigenvalue weighted by Crippen LogP contribution is -2.58. The van der Waals surface area contributed by atoms with Crippen LogP contribution in [0.15, 0.2) is 6.33 Å². The van der Waals surface area contributed by atoms with Crippen molar-refractivity contribution in [2.24, 2.45) is 0 Å². The maximum atomic E-state index is 12.0. The molecule has 1 aliphatic rings. The Hall–Kier alpha value is -2.85. The zero-order valence-electron chi connectivity index (χ0n) is 11.2. The van der Waals surface area contributed by atoms with Crippen molar-refractivity contribution in [3.05, 3.63) is 6.33 Å². The molecule has 1 atom stereocenters. The maximum Gasteiger partial charge on any atom is 0.326 e. The number of likely N-dealkylation sites (N-methyl/N-ethyl adjacent to an activating group) is 1. The van der Waals surface area contributed by atoms with Gasteiger partial charge in [0.05, 0.1) is 0 Å². The molecule has 4 amide bonds. The summed E-state index contributed by atoms with van der Waals surface area (Å²) in [5.41, 5.74) is 0. The molecule has 0 radical (unpaired) electrons. The Morgan fingerprint density at radius 3 is 2.76 bits per heavy atom. The quantitative estimate of drug-likeness (QED) is 0.491. The SMILES string of the molecule is CCN1CCN(C(=O)NC(C=O)n2cnnn2)C(=O)C1=O. The van der Waals surface area contributed by atoms with Crippen LogP contribution in [0.4, 0.5) is 4.79 Å². The van der Waals surface area contributed by atoms with Crippen molar-refractivity contribution in [2.75, 3.05) is 19.6 Å².